The highest BCUT2D eigenvalue weighted by atomic mass is 35.5. The van der Waals surface area contributed by atoms with E-state index in [0.29, 0.717) is 36.0 Å². The van der Waals surface area contributed by atoms with E-state index in [-0.39, 0.29) is 21.8 Å². The summed E-state index contributed by atoms with van der Waals surface area (Å²) in [5.41, 5.74) is 0.0159. The number of carbonyl (C=O) groups excluding carboxylic acids is 2. The Balaban J connectivity index is 1.99. The van der Waals surface area contributed by atoms with Gasteiger partial charge in [-0.3, -0.25) is 14.5 Å². The second kappa shape index (κ2) is 11.1. The summed E-state index contributed by atoms with van der Waals surface area (Å²) in [5, 5.41) is 11.5. The molecule has 7 nitrogen and oxygen atoms in total. The van der Waals surface area contributed by atoms with Crippen LogP contribution in [0.5, 0.6) is 17.2 Å². The molecule has 198 valence electrons. The lowest BCUT2D eigenvalue weighted by Crippen LogP contribution is -2.29. The van der Waals surface area contributed by atoms with Crippen molar-refractivity contribution < 1.29 is 37.7 Å². The van der Waals surface area contributed by atoms with Crippen molar-refractivity contribution in [1.29, 1.82) is 0 Å². The normalized spacial score (nSPS) is 16.6. The first-order valence-corrected chi connectivity index (χ1v) is 12.1. The van der Waals surface area contributed by atoms with Crippen LogP contribution in [-0.4, -0.2) is 37.1 Å². The Morgan fingerprint density at radius 1 is 0.947 bits per heavy atom. The van der Waals surface area contributed by atoms with Gasteiger partial charge in [-0.2, -0.15) is 0 Å². The molecule has 1 saturated heterocycles. The summed E-state index contributed by atoms with van der Waals surface area (Å²) in [6, 6.07) is 10.8. The summed E-state index contributed by atoms with van der Waals surface area (Å²) in [6.07, 6.45) is 0. The molecule has 1 aliphatic rings. The monoisotopic (exact) mass is 543 g/mol. The number of hydrogen-bond donors (Lipinski definition) is 1. The minimum Gasteiger partial charge on any atom is -0.507 e. The van der Waals surface area contributed by atoms with Crippen molar-refractivity contribution in [2.45, 2.75) is 19.9 Å². The second-order valence-electron chi connectivity index (χ2n) is 8.19. The molecule has 0 bridgehead atoms. The van der Waals surface area contributed by atoms with Crippen LogP contribution >= 0.6 is 11.6 Å². The van der Waals surface area contributed by atoms with Gasteiger partial charge in [0.05, 0.1) is 37.0 Å². The van der Waals surface area contributed by atoms with Gasteiger partial charge in [0.25, 0.3) is 11.7 Å². The van der Waals surface area contributed by atoms with E-state index in [0.717, 1.165) is 17.0 Å². The van der Waals surface area contributed by atoms with Gasteiger partial charge in [-0.05, 0) is 61.9 Å². The van der Waals surface area contributed by atoms with Gasteiger partial charge in [0, 0.05) is 17.3 Å². The number of aliphatic hydroxyl groups excluding tert-OH is 1. The Morgan fingerprint density at radius 2 is 1.68 bits per heavy atom. The van der Waals surface area contributed by atoms with Crippen molar-refractivity contribution in [2.75, 3.05) is 25.2 Å². The van der Waals surface area contributed by atoms with Gasteiger partial charge >= 0.3 is 0 Å². The molecule has 1 amide bonds. The Bertz CT molecular complexity index is 1440. The lowest BCUT2D eigenvalue weighted by molar-refractivity contribution is -0.132. The average Bonchev–Trinajstić information content (AvgIpc) is 3.17. The zero-order chi connectivity index (χ0) is 27.6. The minimum atomic E-state index is -1.24. The van der Waals surface area contributed by atoms with Gasteiger partial charge in [-0.1, -0.05) is 17.7 Å². The molecule has 0 radical (unpaired) electrons. The fourth-order valence-electron chi connectivity index (χ4n) is 4.27. The molecule has 1 fully saturated rings. The summed E-state index contributed by atoms with van der Waals surface area (Å²) in [4.78, 5) is 27.7. The number of aliphatic hydroxyl groups is 1. The van der Waals surface area contributed by atoms with Crippen LogP contribution in [0.1, 0.15) is 31.0 Å². The van der Waals surface area contributed by atoms with Crippen LogP contribution in [0, 0.1) is 11.6 Å². The van der Waals surface area contributed by atoms with Crippen molar-refractivity contribution in [3.8, 4) is 17.2 Å². The second-order valence-corrected chi connectivity index (χ2v) is 8.59. The maximum absolute atomic E-state index is 14.2. The highest BCUT2D eigenvalue weighted by Crippen LogP contribution is 2.45. The average molecular weight is 544 g/mol. The number of methoxy groups -OCH3 is 1. The maximum Gasteiger partial charge on any atom is 0.300 e. The molecule has 4 rings (SSSR count). The largest absolute Gasteiger partial charge is 0.507 e. The molecule has 1 unspecified atom stereocenters. The molecule has 3 aromatic rings. The zero-order valence-corrected chi connectivity index (χ0v) is 21.5. The molecular formula is C28H24ClF2NO6. The number of Topliss-reactive ketones (excluding diaryl/α,β-unsaturated/α-hetero) is 1. The first-order chi connectivity index (χ1) is 18.2. The number of ketones is 1. The van der Waals surface area contributed by atoms with Crippen LogP contribution in [0.15, 0.2) is 60.2 Å². The molecule has 3 aromatic carbocycles. The standard InChI is InChI=1S/C28H24ClF2NO6/c1-4-37-17-8-9-19(29)18(14-17)26(33)24-25(15-6-11-22(36-3)23(12-15)38-5-2)32(28(35)27(24)34)16-7-10-20(30)21(31)13-16/h6-14,25,33H,4-5H2,1-3H3/b26-24+. The molecule has 0 saturated carbocycles. The van der Waals surface area contributed by atoms with Crippen molar-refractivity contribution in [3.63, 3.8) is 0 Å². The number of amides is 1. The first-order valence-electron chi connectivity index (χ1n) is 11.7. The van der Waals surface area contributed by atoms with E-state index in [4.69, 9.17) is 25.8 Å². The SMILES string of the molecule is CCOc1ccc(Cl)c(/C(O)=C2\C(=O)C(=O)N(c3ccc(F)c(F)c3)C2c2ccc(OC)c(OCC)c2)c1. The van der Waals surface area contributed by atoms with E-state index >= 15 is 0 Å². The Morgan fingerprint density at radius 3 is 2.34 bits per heavy atom. The predicted molar refractivity (Wildman–Crippen MR) is 138 cm³/mol. The van der Waals surface area contributed by atoms with E-state index < -0.39 is 35.1 Å². The summed E-state index contributed by atoms with van der Waals surface area (Å²) in [6.45, 7) is 4.19. The predicted octanol–water partition coefficient (Wildman–Crippen LogP) is 6.05. The molecule has 1 atom stereocenters. The maximum atomic E-state index is 14.2. The minimum absolute atomic E-state index is 0.0597. The van der Waals surface area contributed by atoms with E-state index in [1.165, 1.54) is 25.3 Å². The van der Waals surface area contributed by atoms with Crippen LogP contribution in [0.3, 0.4) is 0 Å². The third kappa shape index (κ3) is 4.89. The zero-order valence-electron chi connectivity index (χ0n) is 20.8. The van der Waals surface area contributed by atoms with Gasteiger partial charge in [-0.15, -0.1) is 0 Å². The molecule has 1 aliphatic heterocycles. The van der Waals surface area contributed by atoms with Crippen LogP contribution in [-0.2, 0) is 9.59 Å². The number of halogens is 3. The topological polar surface area (TPSA) is 85.3 Å². The third-order valence-electron chi connectivity index (χ3n) is 5.93. The number of rotatable bonds is 8. The van der Waals surface area contributed by atoms with Gasteiger partial charge in [0.1, 0.15) is 11.5 Å². The number of hydrogen-bond acceptors (Lipinski definition) is 6. The van der Waals surface area contributed by atoms with Crippen LogP contribution in [0.25, 0.3) is 5.76 Å². The summed E-state index contributed by atoms with van der Waals surface area (Å²) in [5.74, 6) is -3.87. The number of ether oxygens (including phenoxy) is 3. The van der Waals surface area contributed by atoms with E-state index in [1.54, 1.807) is 38.1 Å². The molecule has 0 spiro atoms. The highest BCUT2D eigenvalue weighted by molar-refractivity contribution is 6.52. The number of nitrogens with zero attached hydrogens (tertiary/aromatic N) is 1. The summed E-state index contributed by atoms with van der Waals surface area (Å²) >= 11 is 6.36. The third-order valence-corrected chi connectivity index (χ3v) is 6.26. The van der Waals surface area contributed by atoms with E-state index in [1.807, 2.05) is 0 Å². The Hall–Kier alpha value is -4.11. The van der Waals surface area contributed by atoms with E-state index in [2.05, 4.69) is 0 Å². The molecule has 0 aromatic heterocycles. The van der Waals surface area contributed by atoms with Gasteiger partial charge in [-0.25, -0.2) is 8.78 Å². The van der Waals surface area contributed by atoms with Crippen LogP contribution in [0.2, 0.25) is 5.02 Å². The van der Waals surface area contributed by atoms with Gasteiger partial charge in [0.2, 0.25) is 0 Å². The number of anilines is 1. The smallest absolute Gasteiger partial charge is 0.300 e. The van der Waals surface area contributed by atoms with Crippen molar-refractivity contribution >= 4 is 34.7 Å². The van der Waals surface area contributed by atoms with Crippen LogP contribution < -0.4 is 19.1 Å². The van der Waals surface area contributed by atoms with E-state index in [9.17, 15) is 23.5 Å². The molecule has 0 aliphatic carbocycles. The van der Waals surface area contributed by atoms with Gasteiger partial charge in [0.15, 0.2) is 23.1 Å². The molecule has 1 heterocycles. The quantitative estimate of drug-likeness (QED) is 0.211. The summed E-state index contributed by atoms with van der Waals surface area (Å²) < 4.78 is 44.4. The number of carbonyl (C=O) groups is 2. The molecule has 38 heavy (non-hydrogen) atoms. The lowest BCUT2D eigenvalue weighted by Gasteiger charge is -2.26. The molecule has 10 heteroatoms. The lowest BCUT2D eigenvalue weighted by atomic mass is 9.94. The highest BCUT2D eigenvalue weighted by Gasteiger charge is 2.47. The van der Waals surface area contributed by atoms with Crippen LogP contribution in [0.4, 0.5) is 14.5 Å². The Kier molecular flexibility index (Phi) is 7.87. The van der Waals surface area contributed by atoms with Gasteiger partial charge < -0.3 is 19.3 Å². The van der Waals surface area contributed by atoms with Crippen molar-refractivity contribution in [3.05, 3.63) is 88.0 Å². The molecule has 1 N–H and O–H groups in total. The number of benzene rings is 3. The van der Waals surface area contributed by atoms with Crippen molar-refractivity contribution in [1.82, 2.24) is 0 Å². The fraction of sp³-hybridized carbons (Fsp3) is 0.214. The Labute approximate surface area is 222 Å². The molecular weight excluding hydrogens is 520 g/mol. The summed E-state index contributed by atoms with van der Waals surface area (Å²) in [7, 11) is 1.46. The van der Waals surface area contributed by atoms with Crippen molar-refractivity contribution in [2.24, 2.45) is 0 Å². The first kappa shape index (κ1) is 26.9. The fourth-order valence-corrected chi connectivity index (χ4v) is 4.48.